The molecule has 0 N–H and O–H groups in total. The zero-order chi connectivity index (χ0) is 13.5. The van der Waals surface area contributed by atoms with Crippen molar-refractivity contribution in [3.63, 3.8) is 0 Å². The SMILES string of the molecule is CCCCCC(CCC)c1cc(F)c(F)cc1Cl. The molecule has 0 amide bonds. The van der Waals surface area contributed by atoms with Gasteiger partial charge in [-0.2, -0.15) is 0 Å². The molecule has 1 atom stereocenters. The first kappa shape index (κ1) is 15.4. The van der Waals surface area contributed by atoms with E-state index in [0.717, 1.165) is 43.7 Å². The second-order valence-electron chi connectivity index (χ2n) is 4.77. The van der Waals surface area contributed by atoms with Crippen LogP contribution in [-0.2, 0) is 0 Å². The van der Waals surface area contributed by atoms with Crippen LogP contribution in [0.1, 0.15) is 63.9 Å². The molecule has 1 unspecified atom stereocenters. The van der Waals surface area contributed by atoms with Crippen molar-refractivity contribution in [2.75, 3.05) is 0 Å². The maximum absolute atomic E-state index is 13.3. The maximum Gasteiger partial charge on any atom is 0.160 e. The second-order valence-corrected chi connectivity index (χ2v) is 5.18. The molecule has 0 nitrogen and oxygen atoms in total. The van der Waals surface area contributed by atoms with Crippen LogP contribution in [0.3, 0.4) is 0 Å². The van der Waals surface area contributed by atoms with Crippen LogP contribution < -0.4 is 0 Å². The van der Waals surface area contributed by atoms with Crippen LogP contribution in [0.5, 0.6) is 0 Å². The fourth-order valence-corrected chi connectivity index (χ4v) is 2.60. The lowest BCUT2D eigenvalue weighted by Gasteiger charge is -2.18. The van der Waals surface area contributed by atoms with E-state index in [1.54, 1.807) is 0 Å². The third kappa shape index (κ3) is 4.24. The Kier molecular flexibility index (Phi) is 6.62. The zero-order valence-corrected chi connectivity index (χ0v) is 11.9. The van der Waals surface area contributed by atoms with Crippen molar-refractivity contribution in [1.29, 1.82) is 0 Å². The Labute approximate surface area is 113 Å². The van der Waals surface area contributed by atoms with Crippen LogP contribution in [-0.4, -0.2) is 0 Å². The first-order valence-electron chi connectivity index (χ1n) is 6.74. The summed E-state index contributed by atoms with van der Waals surface area (Å²) in [5.41, 5.74) is 0.758. The molecule has 0 bridgehead atoms. The Hall–Kier alpha value is -0.630. The highest BCUT2D eigenvalue weighted by Crippen LogP contribution is 2.33. The molecule has 0 spiro atoms. The summed E-state index contributed by atoms with van der Waals surface area (Å²) in [7, 11) is 0. The number of hydrogen-bond acceptors (Lipinski definition) is 0. The number of halogens is 3. The lowest BCUT2D eigenvalue weighted by Crippen LogP contribution is -2.02. The van der Waals surface area contributed by atoms with Crippen molar-refractivity contribution in [1.82, 2.24) is 0 Å². The Bertz CT molecular complexity index is 377. The molecule has 0 aliphatic rings. The van der Waals surface area contributed by atoms with Gasteiger partial charge < -0.3 is 0 Å². The number of hydrogen-bond donors (Lipinski definition) is 0. The molecule has 1 rings (SSSR count). The summed E-state index contributed by atoms with van der Waals surface area (Å²) in [6.45, 7) is 4.25. The highest BCUT2D eigenvalue weighted by molar-refractivity contribution is 6.31. The van der Waals surface area contributed by atoms with Crippen molar-refractivity contribution in [2.24, 2.45) is 0 Å². The Balaban J connectivity index is 2.87. The van der Waals surface area contributed by atoms with Crippen molar-refractivity contribution >= 4 is 11.6 Å². The predicted octanol–water partition coefficient (Wildman–Crippen LogP) is 6.08. The smallest absolute Gasteiger partial charge is 0.160 e. The summed E-state index contributed by atoms with van der Waals surface area (Å²) in [5.74, 6) is -1.43. The van der Waals surface area contributed by atoms with Gasteiger partial charge in [0.05, 0.1) is 0 Å². The van der Waals surface area contributed by atoms with Crippen molar-refractivity contribution in [2.45, 2.75) is 58.3 Å². The minimum atomic E-state index is -0.868. The third-order valence-corrected chi connectivity index (χ3v) is 3.60. The van der Waals surface area contributed by atoms with E-state index in [9.17, 15) is 8.78 Å². The summed E-state index contributed by atoms with van der Waals surface area (Å²) >= 11 is 6.04. The molecule has 0 aromatic heterocycles. The van der Waals surface area contributed by atoms with Crippen LogP contribution in [0.15, 0.2) is 12.1 Å². The molecule has 1 aromatic carbocycles. The van der Waals surface area contributed by atoms with Crippen LogP contribution >= 0.6 is 11.6 Å². The monoisotopic (exact) mass is 274 g/mol. The third-order valence-electron chi connectivity index (χ3n) is 3.27. The summed E-state index contributed by atoms with van der Waals surface area (Å²) in [6.07, 6.45) is 6.41. The molecule has 0 aliphatic carbocycles. The van der Waals surface area contributed by atoms with Crippen molar-refractivity contribution in [3.05, 3.63) is 34.4 Å². The molecule has 0 radical (unpaired) electrons. The van der Waals surface area contributed by atoms with Gasteiger partial charge in [-0.25, -0.2) is 8.78 Å². The van der Waals surface area contributed by atoms with Gasteiger partial charge in [0, 0.05) is 5.02 Å². The Morgan fingerprint density at radius 3 is 2.28 bits per heavy atom. The first-order chi connectivity index (χ1) is 8.60. The lowest BCUT2D eigenvalue weighted by atomic mass is 9.89. The average molecular weight is 275 g/mol. The van der Waals surface area contributed by atoms with E-state index in [2.05, 4.69) is 13.8 Å². The Morgan fingerprint density at radius 2 is 1.67 bits per heavy atom. The molecule has 3 heteroatoms. The van der Waals surface area contributed by atoms with E-state index in [1.165, 1.54) is 12.5 Å². The predicted molar refractivity (Wildman–Crippen MR) is 73.2 cm³/mol. The molecule has 1 aromatic rings. The highest BCUT2D eigenvalue weighted by Gasteiger charge is 2.17. The summed E-state index contributed by atoms with van der Waals surface area (Å²) in [6, 6.07) is 2.36. The normalized spacial score (nSPS) is 12.7. The zero-order valence-electron chi connectivity index (χ0n) is 11.1. The van der Waals surface area contributed by atoms with Gasteiger partial charge in [0.1, 0.15) is 0 Å². The Morgan fingerprint density at radius 1 is 1.00 bits per heavy atom. The quantitative estimate of drug-likeness (QED) is 0.417. The van der Waals surface area contributed by atoms with Crippen LogP contribution in [0.4, 0.5) is 8.78 Å². The fraction of sp³-hybridized carbons (Fsp3) is 0.600. The minimum absolute atomic E-state index is 0.240. The first-order valence-corrected chi connectivity index (χ1v) is 7.12. The molecular formula is C15H21ClF2. The number of unbranched alkanes of at least 4 members (excludes halogenated alkanes) is 2. The summed E-state index contributed by atoms with van der Waals surface area (Å²) in [4.78, 5) is 0. The molecule has 0 saturated carbocycles. The van der Waals surface area contributed by atoms with Gasteiger partial charge in [-0.15, -0.1) is 0 Å². The topological polar surface area (TPSA) is 0 Å². The van der Waals surface area contributed by atoms with Gasteiger partial charge in [0.15, 0.2) is 11.6 Å². The second kappa shape index (κ2) is 7.73. The van der Waals surface area contributed by atoms with Gasteiger partial charge in [0.25, 0.3) is 0 Å². The van der Waals surface area contributed by atoms with Crippen LogP contribution in [0.25, 0.3) is 0 Å². The fourth-order valence-electron chi connectivity index (χ4n) is 2.30. The van der Waals surface area contributed by atoms with Crippen LogP contribution in [0.2, 0.25) is 5.02 Å². The van der Waals surface area contributed by atoms with Gasteiger partial charge in [-0.3, -0.25) is 0 Å². The molecule has 0 aliphatic heterocycles. The van der Waals surface area contributed by atoms with E-state index < -0.39 is 11.6 Å². The van der Waals surface area contributed by atoms with Crippen molar-refractivity contribution < 1.29 is 8.78 Å². The molecule has 18 heavy (non-hydrogen) atoms. The molecule has 0 fully saturated rings. The number of rotatable bonds is 7. The molecule has 102 valence electrons. The van der Waals surface area contributed by atoms with E-state index in [1.807, 2.05) is 0 Å². The molecular weight excluding hydrogens is 254 g/mol. The molecule has 0 heterocycles. The van der Waals surface area contributed by atoms with E-state index in [0.29, 0.717) is 5.02 Å². The average Bonchev–Trinajstić information content (AvgIpc) is 2.33. The minimum Gasteiger partial charge on any atom is -0.204 e. The van der Waals surface area contributed by atoms with Gasteiger partial charge in [-0.05, 0) is 36.5 Å². The maximum atomic E-state index is 13.3. The largest absolute Gasteiger partial charge is 0.204 e. The standard InChI is InChI=1S/C15H21ClF2/c1-3-5-6-8-11(7-4-2)12-9-14(17)15(18)10-13(12)16/h9-11H,3-8H2,1-2H3. The number of benzene rings is 1. The van der Waals surface area contributed by atoms with E-state index in [-0.39, 0.29) is 5.92 Å². The summed E-state index contributed by atoms with van der Waals surface area (Å²) in [5, 5.41) is 0.351. The van der Waals surface area contributed by atoms with Gasteiger partial charge in [-0.1, -0.05) is 51.1 Å². The van der Waals surface area contributed by atoms with Crippen molar-refractivity contribution in [3.8, 4) is 0 Å². The van der Waals surface area contributed by atoms with Gasteiger partial charge >= 0.3 is 0 Å². The van der Waals surface area contributed by atoms with E-state index in [4.69, 9.17) is 11.6 Å². The summed E-state index contributed by atoms with van der Waals surface area (Å²) < 4.78 is 26.4. The van der Waals surface area contributed by atoms with Crippen LogP contribution in [0, 0.1) is 11.6 Å². The lowest BCUT2D eigenvalue weighted by molar-refractivity contribution is 0.494. The van der Waals surface area contributed by atoms with Gasteiger partial charge in [0.2, 0.25) is 0 Å². The van der Waals surface area contributed by atoms with E-state index >= 15 is 0 Å². The molecule has 0 saturated heterocycles. The highest BCUT2D eigenvalue weighted by atomic mass is 35.5.